The van der Waals surface area contributed by atoms with E-state index >= 15 is 0 Å². The van der Waals surface area contributed by atoms with Crippen LogP contribution in [0, 0.1) is 0 Å². The first-order valence-electron chi connectivity index (χ1n) is 17.6. The summed E-state index contributed by atoms with van der Waals surface area (Å²) in [7, 11) is 0. The highest BCUT2D eigenvalue weighted by molar-refractivity contribution is 7.27. The summed E-state index contributed by atoms with van der Waals surface area (Å²) >= 11 is 3.79. The standard InChI is InChI=1S/C48H30N2S2/c1-2-10-34(11-3-1)50-42-18-6-4-13-41(42)45-43(50)29-28-40-39-17-9-15-36(47(39)52-48(40)45)31-22-26-33(27-23-31)49-32-24-20-30(21-25-32)35-14-8-16-38-37-12-5-7-19-44(37)51-46(35)38/h1-29,49H. The second-order valence-electron chi connectivity index (χ2n) is 13.4. The predicted molar refractivity (Wildman–Crippen MR) is 227 cm³/mol. The lowest BCUT2D eigenvalue weighted by molar-refractivity contribution is 1.18. The van der Waals surface area contributed by atoms with E-state index in [1.807, 2.05) is 22.7 Å². The molecule has 4 heteroatoms. The molecule has 0 atom stereocenters. The van der Waals surface area contributed by atoms with Gasteiger partial charge < -0.3 is 9.88 Å². The van der Waals surface area contributed by atoms with Gasteiger partial charge >= 0.3 is 0 Å². The minimum Gasteiger partial charge on any atom is -0.356 e. The second-order valence-corrected chi connectivity index (χ2v) is 15.4. The van der Waals surface area contributed by atoms with Crippen molar-refractivity contribution in [3.8, 4) is 27.9 Å². The van der Waals surface area contributed by atoms with Crippen LogP contribution in [0.1, 0.15) is 0 Å². The first kappa shape index (κ1) is 29.5. The molecule has 0 aliphatic rings. The molecule has 0 saturated carbocycles. The van der Waals surface area contributed by atoms with E-state index in [4.69, 9.17) is 0 Å². The third kappa shape index (κ3) is 4.55. The summed E-state index contributed by atoms with van der Waals surface area (Å²) in [5, 5.41) is 11.5. The maximum atomic E-state index is 3.63. The minimum absolute atomic E-state index is 1.07. The molecule has 244 valence electrons. The largest absolute Gasteiger partial charge is 0.356 e. The number of aromatic nitrogens is 1. The maximum Gasteiger partial charge on any atom is 0.0555 e. The highest BCUT2D eigenvalue weighted by Crippen LogP contribution is 2.46. The van der Waals surface area contributed by atoms with Crippen LogP contribution in [-0.2, 0) is 0 Å². The van der Waals surface area contributed by atoms with Crippen molar-refractivity contribution in [2.24, 2.45) is 0 Å². The summed E-state index contributed by atoms with van der Waals surface area (Å²) in [6, 6.07) is 63.9. The zero-order valence-electron chi connectivity index (χ0n) is 28.0. The molecular weight excluding hydrogens is 669 g/mol. The van der Waals surface area contributed by atoms with Gasteiger partial charge in [-0.25, -0.2) is 0 Å². The van der Waals surface area contributed by atoms with Gasteiger partial charge in [0.25, 0.3) is 0 Å². The van der Waals surface area contributed by atoms with Gasteiger partial charge in [0, 0.05) is 68.2 Å². The van der Waals surface area contributed by atoms with E-state index in [0.29, 0.717) is 0 Å². The molecule has 11 rings (SSSR count). The number of hydrogen-bond donors (Lipinski definition) is 1. The number of nitrogens with zero attached hydrogens (tertiary/aromatic N) is 1. The smallest absolute Gasteiger partial charge is 0.0555 e. The zero-order valence-corrected chi connectivity index (χ0v) is 29.6. The number of rotatable bonds is 5. The molecule has 11 aromatic rings. The Kier molecular flexibility index (Phi) is 6.63. The lowest BCUT2D eigenvalue weighted by Crippen LogP contribution is -1.92. The van der Waals surface area contributed by atoms with Gasteiger partial charge in [0.15, 0.2) is 0 Å². The van der Waals surface area contributed by atoms with E-state index in [1.165, 1.54) is 90.1 Å². The van der Waals surface area contributed by atoms with Gasteiger partial charge in [0.1, 0.15) is 0 Å². The quantitative estimate of drug-likeness (QED) is 0.189. The molecule has 1 N–H and O–H groups in total. The van der Waals surface area contributed by atoms with Gasteiger partial charge in [-0.05, 0) is 76.9 Å². The van der Waals surface area contributed by atoms with Gasteiger partial charge in [0.2, 0.25) is 0 Å². The lowest BCUT2D eigenvalue weighted by atomic mass is 10.0. The summed E-state index contributed by atoms with van der Waals surface area (Å²) in [5.74, 6) is 0. The van der Waals surface area contributed by atoms with Crippen LogP contribution in [0.4, 0.5) is 11.4 Å². The molecule has 0 fully saturated rings. The molecule has 3 aromatic heterocycles. The number of para-hydroxylation sites is 2. The topological polar surface area (TPSA) is 17.0 Å². The van der Waals surface area contributed by atoms with Crippen LogP contribution in [0.2, 0.25) is 0 Å². The van der Waals surface area contributed by atoms with Crippen LogP contribution in [0.3, 0.4) is 0 Å². The molecular formula is C48H30N2S2. The Morgan fingerprint density at radius 1 is 0.365 bits per heavy atom. The zero-order chi connectivity index (χ0) is 34.2. The molecule has 0 spiro atoms. The number of benzene rings is 8. The van der Waals surface area contributed by atoms with E-state index in [9.17, 15) is 0 Å². The van der Waals surface area contributed by atoms with Crippen molar-refractivity contribution in [1.82, 2.24) is 4.57 Å². The van der Waals surface area contributed by atoms with Gasteiger partial charge in [-0.1, -0.05) is 121 Å². The van der Waals surface area contributed by atoms with Crippen molar-refractivity contribution in [1.29, 1.82) is 0 Å². The summed E-state index contributed by atoms with van der Waals surface area (Å²) in [4.78, 5) is 0. The van der Waals surface area contributed by atoms with Gasteiger partial charge in [0.05, 0.1) is 11.0 Å². The van der Waals surface area contributed by atoms with Gasteiger partial charge in [-0.15, -0.1) is 22.7 Å². The predicted octanol–water partition coefficient (Wildman–Crippen LogP) is 14.6. The Hall–Kier alpha value is -6.20. The number of fused-ring (bicyclic) bond motifs is 10. The molecule has 8 aromatic carbocycles. The number of thiophene rings is 2. The second kappa shape index (κ2) is 11.7. The van der Waals surface area contributed by atoms with E-state index in [1.54, 1.807) is 0 Å². The van der Waals surface area contributed by atoms with Crippen LogP contribution in [0.15, 0.2) is 176 Å². The molecule has 0 radical (unpaired) electrons. The fourth-order valence-electron chi connectivity index (χ4n) is 8.00. The van der Waals surface area contributed by atoms with Gasteiger partial charge in [-0.3, -0.25) is 0 Å². The molecule has 0 aliphatic heterocycles. The van der Waals surface area contributed by atoms with Crippen molar-refractivity contribution >= 4 is 96.2 Å². The third-order valence-electron chi connectivity index (χ3n) is 10.4. The van der Waals surface area contributed by atoms with Crippen molar-refractivity contribution < 1.29 is 0 Å². The lowest BCUT2D eigenvalue weighted by Gasteiger charge is -2.10. The average molecular weight is 699 g/mol. The molecule has 2 nitrogen and oxygen atoms in total. The molecule has 0 amide bonds. The molecule has 0 saturated heterocycles. The number of hydrogen-bond acceptors (Lipinski definition) is 3. The van der Waals surface area contributed by atoms with Crippen LogP contribution in [0.5, 0.6) is 0 Å². The number of nitrogens with one attached hydrogen (secondary N) is 1. The Morgan fingerprint density at radius 2 is 0.923 bits per heavy atom. The monoisotopic (exact) mass is 698 g/mol. The number of anilines is 2. The average Bonchev–Trinajstić information content (AvgIpc) is 3.88. The summed E-state index contributed by atoms with van der Waals surface area (Å²) in [6.45, 7) is 0. The van der Waals surface area contributed by atoms with E-state index in [0.717, 1.165) is 11.4 Å². The summed E-state index contributed by atoms with van der Waals surface area (Å²) in [5.41, 5.74) is 10.8. The Morgan fingerprint density at radius 3 is 1.63 bits per heavy atom. The highest BCUT2D eigenvalue weighted by Gasteiger charge is 2.18. The highest BCUT2D eigenvalue weighted by atomic mass is 32.1. The molecule has 3 heterocycles. The first-order chi connectivity index (χ1) is 25.8. The normalized spacial score (nSPS) is 11.8. The fourth-order valence-corrected chi connectivity index (χ4v) is 10.6. The van der Waals surface area contributed by atoms with E-state index in [-0.39, 0.29) is 0 Å². The van der Waals surface area contributed by atoms with E-state index in [2.05, 4.69) is 186 Å². The van der Waals surface area contributed by atoms with Crippen LogP contribution in [-0.4, -0.2) is 4.57 Å². The molecule has 52 heavy (non-hydrogen) atoms. The Balaban J connectivity index is 0.934. The Bertz CT molecular complexity index is 3130. The fraction of sp³-hybridized carbons (Fsp3) is 0. The van der Waals surface area contributed by atoms with Crippen LogP contribution < -0.4 is 5.32 Å². The van der Waals surface area contributed by atoms with Crippen LogP contribution in [0.25, 0.3) is 90.1 Å². The van der Waals surface area contributed by atoms with Crippen molar-refractivity contribution in [2.45, 2.75) is 0 Å². The SMILES string of the molecule is c1ccc(-n2c3ccccc3c3c4sc5c(-c6ccc(Nc7ccc(-c8cccc9c8sc8ccccc89)cc7)cc6)cccc5c4ccc32)cc1. The van der Waals surface area contributed by atoms with E-state index < -0.39 is 0 Å². The van der Waals surface area contributed by atoms with Crippen LogP contribution >= 0.6 is 22.7 Å². The molecule has 0 aliphatic carbocycles. The summed E-state index contributed by atoms with van der Waals surface area (Å²) in [6.07, 6.45) is 0. The minimum atomic E-state index is 1.07. The van der Waals surface area contributed by atoms with Gasteiger partial charge in [-0.2, -0.15) is 0 Å². The Labute approximate surface area is 308 Å². The van der Waals surface area contributed by atoms with Crippen molar-refractivity contribution in [2.75, 3.05) is 5.32 Å². The van der Waals surface area contributed by atoms with Crippen molar-refractivity contribution in [3.63, 3.8) is 0 Å². The first-order valence-corrected chi connectivity index (χ1v) is 19.2. The van der Waals surface area contributed by atoms with Crippen molar-refractivity contribution in [3.05, 3.63) is 176 Å². The maximum absolute atomic E-state index is 3.63. The molecule has 0 bridgehead atoms. The molecule has 0 unspecified atom stereocenters. The summed E-state index contributed by atoms with van der Waals surface area (Å²) < 4.78 is 7.75. The third-order valence-corrected chi connectivity index (χ3v) is 12.9.